The minimum atomic E-state index is -0.766. The average molecular weight is 401 g/mol. The van der Waals surface area contributed by atoms with Gasteiger partial charge in [-0.1, -0.05) is 30.3 Å². The van der Waals surface area contributed by atoms with E-state index in [-0.39, 0.29) is 17.9 Å². The molecular formula is C26H28N2O2. The van der Waals surface area contributed by atoms with Crippen molar-refractivity contribution in [1.29, 1.82) is 0 Å². The maximum Gasteiger partial charge on any atom is 0.273 e. The van der Waals surface area contributed by atoms with Crippen molar-refractivity contribution < 1.29 is 9.59 Å². The van der Waals surface area contributed by atoms with Gasteiger partial charge in [-0.25, -0.2) is 10.0 Å². The van der Waals surface area contributed by atoms with Crippen molar-refractivity contribution in [3.05, 3.63) is 48.0 Å². The molecule has 2 aromatic carbocycles. The van der Waals surface area contributed by atoms with E-state index in [0.29, 0.717) is 22.8 Å². The van der Waals surface area contributed by atoms with Crippen molar-refractivity contribution in [3.63, 3.8) is 0 Å². The Bertz CT molecular complexity index is 1100. The van der Waals surface area contributed by atoms with Gasteiger partial charge in [-0.05, 0) is 97.9 Å². The van der Waals surface area contributed by atoms with Gasteiger partial charge in [0.2, 0.25) is 0 Å². The second kappa shape index (κ2) is 5.27. The summed E-state index contributed by atoms with van der Waals surface area (Å²) in [6.07, 6.45) is 6.51. The first-order valence-electron chi connectivity index (χ1n) is 11.6. The van der Waals surface area contributed by atoms with E-state index >= 15 is 0 Å². The molecule has 2 aromatic rings. The van der Waals surface area contributed by atoms with Gasteiger partial charge in [0.25, 0.3) is 11.8 Å². The Morgan fingerprint density at radius 1 is 0.933 bits per heavy atom. The van der Waals surface area contributed by atoms with Crippen molar-refractivity contribution >= 4 is 22.6 Å². The molecule has 4 saturated carbocycles. The van der Waals surface area contributed by atoms with E-state index in [0.717, 1.165) is 22.6 Å². The first-order valence-corrected chi connectivity index (χ1v) is 11.6. The number of hydrogen-bond donors (Lipinski definition) is 0. The highest BCUT2D eigenvalue weighted by atomic mass is 16.2. The molecular weight excluding hydrogens is 372 g/mol. The van der Waals surface area contributed by atoms with Gasteiger partial charge in [0.15, 0.2) is 0 Å². The zero-order valence-corrected chi connectivity index (χ0v) is 17.7. The fraction of sp³-hybridized carbons (Fsp3) is 0.538. The Labute approximate surface area is 177 Å². The van der Waals surface area contributed by atoms with E-state index in [1.54, 1.807) is 5.01 Å². The molecule has 4 heteroatoms. The number of hydrogen-bond acceptors (Lipinski definition) is 2. The highest BCUT2D eigenvalue weighted by Gasteiger charge is 2.72. The first-order chi connectivity index (χ1) is 14.4. The molecule has 5 aliphatic rings. The molecule has 4 unspecified atom stereocenters. The molecule has 4 atom stereocenters. The van der Waals surface area contributed by atoms with E-state index in [2.05, 4.69) is 6.07 Å². The molecule has 5 fully saturated rings. The standard InChI is InChI=1S/C26H28N2O2/c1-25(2)24(30)27(22-18-10-20-12-21-11-19(22)14-26(20,21)13-18)28(25)23(29)17-8-7-15-5-3-4-6-16(15)9-17/h3-9,18-22H,10-14H2,1-2H3. The maximum atomic E-state index is 13.7. The molecule has 4 aliphatic carbocycles. The molecule has 1 heterocycles. The number of amides is 2. The van der Waals surface area contributed by atoms with Crippen molar-refractivity contribution in [1.82, 2.24) is 10.0 Å². The second-order valence-corrected chi connectivity index (χ2v) is 11.1. The molecule has 4 nitrogen and oxygen atoms in total. The maximum absolute atomic E-state index is 13.7. The van der Waals surface area contributed by atoms with E-state index in [4.69, 9.17) is 0 Å². The van der Waals surface area contributed by atoms with Crippen molar-refractivity contribution in [2.24, 2.45) is 29.1 Å². The van der Waals surface area contributed by atoms with Gasteiger partial charge in [-0.15, -0.1) is 0 Å². The Morgan fingerprint density at radius 2 is 1.60 bits per heavy atom. The van der Waals surface area contributed by atoms with E-state index in [9.17, 15) is 9.59 Å². The third kappa shape index (κ3) is 1.85. The monoisotopic (exact) mass is 400 g/mol. The summed E-state index contributed by atoms with van der Waals surface area (Å²) in [4.78, 5) is 27.0. The fourth-order valence-electron chi connectivity index (χ4n) is 8.33. The molecule has 3 bridgehead atoms. The Morgan fingerprint density at radius 3 is 2.30 bits per heavy atom. The summed E-state index contributed by atoms with van der Waals surface area (Å²) in [7, 11) is 0. The third-order valence-electron chi connectivity index (χ3n) is 9.57. The predicted molar refractivity (Wildman–Crippen MR) is 114 cm³/mol. The van der Waals surface area contributed by atoms with Crippen LogP contribution in [0.4, 0.5) is 0 Å². The molecule has 7 rings (SSSR count). The molecule has 30 heavy (non-hydrogen) atoms. The van der Waals surface area contributed by atoms with Gasteiger partial charge < -0.3 is 0 Å². The van der Waals surface area contributed by atoms with Crippen molar-refractivity contribution in [2.45, 2.75) is 57.5 Å². The number of carbonyl (C=O) groups is 2. The Balaban J connectivity index is 1.26. The van der Waals surface area contributed by atoms with Gasteiger partial charge in [0.1, 0.15) is 5.54 Å². The van der Waals surface area contributed by atoms with Crippen LogP contribution in [0.15, 0.2) is 42.5 Å². The lowest BCUT2D eigenvalue weighted by Crippen LogP contribution is -2.79. The summed E-state index contributed by atoms with van der Waals surface area (Å²) in [6, 6.07) is 14.2. The van der Waals surface area contributed by atoms with Crippen molar-refractivity contribution in [2.75, 3.05) is 0 Å². The van der Waals surface area contributed by atoms with Crippen LogP contribution in [-0.2, 0) is 4.79 Å². The van der Waals surface area contributed by atoms with Crippen LogP contribution in [0, 0.1) is 29.1 Å². The van der Waals surface area contributed by atoms with Crippen LogP contribution in [0.2, 0.25) is 0 Å². The number of benzene rings is 2. The summed E-state index contributed by atoms with van der Waals surface area (Å²) in [5.74, 6) is 3.01. The first kappa shape index (κ1) is 17.3. The summed E-state index contributed by atoms with van der Waals surface area (Å²) in [5.41, 5.74) is 0.518. The number of hydrazine groups is 1. The molecule has 0 N–H and O–H groups in total. The van der Waals surface area contributed by atoms with E-state index in [1.165, 1.54) is 32.1 Å². The van der Waals surface area contributed by atoms with Gasteiger partial charge in [0.05, 0.1) is 6.04 Å². The lowest BCUT2D eigenvalue weighted by Gasteiger charge is -2.60. The smallest absolute Gasteiger partial charge is 0.270 e. The fourth-order valence-corrected chi connectivity index (χ4v) is 8.33. The van der Waals surface area contributed by atoms with Crippen LogP contribution in [0.3, 0.4) is 0 Å². The minimum Gasteiger partial charge on any atom is -0.270 e. The lowest BCUT2D eigenvalue weighted by molar-refractivity contribution is -0.218. The molecule has 2 amide bonds. The number of rotatable bonds is 2. The number of fused-ring (bicyclic) bond motifs is 3. The molecule has 1 aliphatic heterocycles. The van der Waals surface area contributed by atoms with Crippen LogP contribution in [-0.4, -0.2) is 33.4 Å². The third-order valence-corrected chi connectivity index (χ3v) is 9.57. The zero-order valence-electron chi connectivity index (χ0n) is 17.7. The van der Waals surface area contributed by atoms with Crippen LogP contribution in [0.5, 0.6) is 0 Å². The Kier molecular flexibility index (Phi) is 3.05. The largest absolute Gasteiger partial charge is 0.273 e. The summed E-state index contributed by atoms with van der Waals surface area (Å²) in [6.45, 7) is 3.80. The Hall–Kier alpha value is -2.36. The molecule has 1 saturated heterocycles. The normalized spacial score (nSPS) is 39.8. The van der Waals surface area contributed by atoms with E-state index in [1.807, 2.05) is 55.3 Å². The van der Waals surface area contributed by atoms with Crippen LogP contribution in [0.25, 0.3) is 10.8 Å². The van der Waals surface area contributed by atoms with E-state index < -0.39 is 5.54 Å². The van der Waals surface area contributed by atoms with Crippen molar-refractivity contribution in [3.8, 4) is 0 Å². The second-order valence-electron chi connectivity index (χ2n) is 11.1. The molecule has 1 spiro atoms. The number of carbonyl (C=O) groups excluding carboxylic acids is 2. The van der Waals surface area contributed by atoms with Crippen LogP contribution >= 0.6 is 0 Å². The lowest BCUT2D eigenvalue weighted by atomic mass is 9.56. The van der Waals surface area contributed by atoms with Gasteiger partial charge in [0, 0.05) is 5.56 Å². The van der Waals surface area contributed by atoms with Gasteiger partial charge >= 0.3 is 0 Å². The summed E-state index contributed by atoms with van der Waals surface area (Å²) < 4.78 is 0. The summed E-state index contributed by atoms with van der Waals surface area (Å²) >= 11 is 0. The van der Waals surface area contributed by atoms with Gasteiger partial charge in [-0.2, -0.15) is 0 Å². The van der Waals surface area contributed by atoms with Gasteiger partial charge in [-0.3, -0.25) is 9.59 Å². The molecule has 0 aromatic heterocycles. The quantitative estimate of drug-likeness (QED) is 0.737. The zero-order chi connectivity index (χ0) is 20.4. The van der Waals surface area contributed by atoms with Crippen LogP contribution < -0.4 is 0 Å². The van der Waals surface area contributed by atoms with Crippen LogP contribution in [0.1, 0.15) is 56.3 Å². The minimum absolute atomic E-state index is 0.0386. The highest BCUT2D eigenvalue weighted by molar-refractivity contribution is 6.06. The SMILES string of the molecule is CC1(C)C(=O)N(C2C3CC4CC5CC2CC45C3)N1C(=O)c1ccc2ccccc2c1. The molecule has 154 valence electrons. The number of nitrogens with zero attached hydrogens (tertiary/aromatic N) is 2. The predicted octanol–water partition coefficient (Wildman–Crippen LogP) is 4.64. The highest BCUT2D eigenvalue weighted by Crippen LogP contribution is 2.76. The topological polar surface area (TPSA) is 40.6 Å². The average Bonchev–Trinajstić information content (AvgIpc) is 3.12. The molecule has 0 radical (unpaired) electrons. The summed E-state index contributed by atoms with van der Waals surface area (Å²) in [5, 5.41) is 5.91.